The quantitative estimate of drug-likeness (QED) is 0.865. The number of nitrogens with one attached hydrogen (secondary N) is 2. The predicted molar refractivity (Wildman–Crippen MR) is 78.6 cm³/mol. The molecule has 1 fully saturated rings. The van der Waals surface area contributed by atoms with Gasteiger partial charge in [0, 0.05) is 11.7 Å². The fourth-order valence-corrected chi connectivity index (χ4v) is 3.02. The number of rotatable bonds is 2. The van der Waals surface area contributed by atoms with Gasteiger partial charge in [-0.25, -0.2) is 9.97 Å². The van der Waals surface area contributed by atoms with Gasteiger partial charge in [0.15, 0.2) is 0 Å². The van der Waals surface area contributed by atoms with Gasteiger partial charge in [-0.3, -0.25) is 0 Å². The zero-order valence-electron chi connectivity index (χ0n) is 12.0. The molecule has 19 heavy (non-hydrogen) atoms. The molecule has 2 heterocycles. The van der Waals surface area contributed by atoms with Gasteiger partial charge in [-0.2, -0.15) is 0 Å². The van der Waals surface area contributed by atoms with E-state index in [9.17, 15) is 0 Å². The Morgan fingerprint density at radius 3 is 2.53 bits per heavy atom. The van der Waals surface area contributed by atoms with Crippen LogP contribution in [0.5, 0.6) is 0 Å². The second kappa shape index (κ2) is 4.83. The Kier molecular flexibility index (Phi) is 3.17. The van der Waals surface area contributed by atoms with Gasteiger partial charge in [-0.15, -0.1) is 0 Å². The molecule has 0 aromatic carbocycles. The Balaban J connectivity index is 2.01. The van der Waals surface area contributed by atoms with Gasteiger partial charge in [-0.05, 0) is 39.2 Å². The number of fused-ring (bicyclic) bond motifs is 1. The van der Waals surface area contributed by atoms with Gasteiger partial charge >= 0.3 is 0 Å². The minimum Gasteiger partial charge on any atom is -0.367 e. The number of hydrogen-bond acceptors (Lipinski definition) is 3. The van der Waals surface area contributed by atoms with E-state index in [1.165, 1.54) is 43.4 Å². The summed E-state index contributed by atoms with van der Waals surface area (Å²) in [5.74, 6) is 1.84. The molecule has 102 valence electrons. The highest BCUT2D eigenvalue weighted by atomic mass is 15.1. The van der Waals surface area contributed by atoms with Crippen molar-refractivity contribution in [2.24, 2.45) is 0 Å². The van der Waals surface area contributed by atoms with Crippen LogP contribution in [0.4, 0.5) is 5.82 Å². The molecule has 4 nitrogen and oxygen atoms in total. The largest absolute Gasteiger partial charge is 0.367 e. The van der Waals surface area contributed by atoms with Crippen LogP contribution in [0.15, 0.2) is 0 Å². The van der Waals surface area contributed by atoms with Crippen molar-refractivity contribution in [3.8, 4) is 0 Å². The van der Waals surface area contributed by atoms with Gasteiger partial charge in [0.1, 0.15) is 17.3 Å². The number of aromatic amines is 1. The van der Waals surface area contributed by atoms with Crippen LogP contribution in [0.3, 0.4) is 0 Å². The van der Waals surface area contributed by atoms with Crippen LogP contribution in [0.2, 0.25) is 0 Å². The molecular weight excluding hydrogens is 236 g/mol. The number of aromatic nitrogens is 3. The first-order valence-electron chi connectivity index (χ1n) is 7.25. The highest BCUT2D eigenvalue weighted by Gasteiger charge is 2.18. The smallest absolute Gasteiger partial charge is 0.143 e. The third-order valence-corrected chi connectivity index (χ3v) is 4.21. The zero-order valence-corrected chi connectivity index (χ0v) is 12.0. The van der Waals surface area contributed by atoms with Crippen LogP contribution in [-0.2, 0) is 0 Å². The summed E-state index contributed by atoms with van der Waals surface area (Å²) in [4.78, 5) is 12.5. The first-order chi connectivity index (χ1) is 9.15. The van der Waals surface area contributed by atoms with Crippen LogP contribution in [0.1, 0.15) is 49.2 Å². The van der Waals surface area contributed by atoms with Crippen molar-refractivity contribution < 1.29 is 0 Å². The Labute approximate surface area is 114 Å². The van der Waals surface area contributed by atoms with E-state index in [-0.39, 0.29) is 0 Å². The lowest BCUT2D eigenvalue weighted by Crippen LogP contribution is -2.23. The average Bonchev–Trinajstić information content (AvgIpc) is 2.66. The van der Waals surface area contributed by atoms with Crippen molar-refractivity contribution in [3.63, 3.8) is 0 Å². The summed E-state index contributed by atoms with van der Waals surface area (Å²) in [7, 11) is 0. The summed E-state index contributed by atoms with van der Waals surface area (Å²) in [5, 5.41) is 4.81. The molecule has 0 atom stereocenters. The molecule has 1 aliphatic rings. The summed E-state index contributed by atoms with van der Waals surface area (Å²) >= 11 is 0. The molecule has 0 bridgehead atoms. The molecule has 1 saturated carbocycles. The summed E-state index contributed by atoms with van der Waals surface area (Å²) in [6.07, 6.45) is 6.55. The van der Waals surface area contributed by atoms with Crippen LogP contribution in [-0.4, -0.2) is 21.0 Å². The number of hydrogen-bond donors (Lipinski definition) is 2. The minimum absolute atomic E-state index is 0.570. The monoisotopic (exact) mass is 258 g/mol. The number of anilines is 1. The maximum Gasteiger partial charge on any atom is 0.143 e. The Morgan fingerprint density at radius 2 is 1.79 bits per heavy atom. The van der Waals surface area contributed by atoms with E-state index in [1.807, 2.05) is 6.92 Å². The van der Waals surface area contributed by atoms with Gasteiger partial charge in [0.25, 0.3) is 0 Å². The lowest BCUT2D eigenvalue weighted by Gasteiger charge is -2.23. The summed E-state index contributed by atoms with van der Waals surface area (Å²) in [5.41, 5.74) is 3.40. The molecule has 2 aromatic rings. The lowest BCUT2D eigenvalue weighted by atomic mass is 9.95. The zero-order chi connectivity index (χ0) is 13.4. The van der Waals surface area contributed by atoms with Crippen molar-refractivity contribution >= 4 is 16.9 Å². The number of nitrogens with zero attached hydrogens (tertiary/aromatic N) is 2. The molecule has 0 unspecified atom stereocenters. The standard InChI is InChI=1S/C15H22N4/c1-9-10(2)16-14-13(9)15(18-11(3)17-14)19-12-7-5-4-6-8-12/h12H,4-8H2,1-3H3,(H2,16,17,18,19). The van der Waals surface area contributed by atoms with E-state index in [0.29, 0.717) is 6.04 Å². The normalized spacial score (nSPS) is 17.0. The summed E-state index contributed by atoms with van der Waals surface area (Å²) in [6, 6.07) is 0.570. The van der Waals surface area contributed by atoms with Crippen molar-refractivity contribution in [3.05, 3.63) is 17.1 Å². The molecule has 3 rings (SSSR count). The third-order valence-electron chi connectivity index (χ3n) is 4.21. The van der Waals surface area contributed by atoms with Gasteiger partial charge in [-0.1, -0.05) is 19.3 Å². The van der Waals surface area contributed by atoms with E-state index in [0.717, 1.165) is 22.7 Å². The lowest BCUT2D eigenvalue weighted by molar-refractivity contribution is 0.462. The fourth-order valence-electron chi connectivity index (χ4n) is 3.02. The van der Waals surface area contributed by atoms with Crippen molar-refractivity contribution in [2.45, 2.75) is 58.9 Å². The average molecular weight is 258 g/mol. The van der Waals surface area contributed by atoms with Gasteiger partial charge < -0.3 is 10.3 Å². The highest BCUT2D eigenvalue weighted by molar-refractivity contribution is 5.91. The maximum atomic E-state index is 4.63. The molecule has 0 aliphatic heterocycles. The first-order valence-corrected chi connectivity index (χ1v) is 7.25. The van der Waals surface area contributed by atoms with Crippen LogP contribution in [0.25, 0.3) is 11.0 Å². The van der Waals surface area contributed by atoms with Crippen molar-refractivity contribution in [1.29, 1.82) is 0 Å². The van der Waals surface area contributed by atoms with Crippen LogP contribution >= 0.6 is 0 Å². The van der Waals surface area contributed by atoms with Gasteiger partial charge in [0.2, 0.25) is 0 Å². The van der Waals surface area contributed by atoms with Crippen molar-refractivity contribution in [1.82, 2.24) is 15.0 Å². The topological polar surface area (TPSA) is 53.6 Å². The molecule has 2 aromatic heterocycles. The van der Waals surface area contributed by atoms with Crippen LogP contribution in [0, 0.1) is 20.8 Å². The first kappa shape index (κ1) is 12.5. The number of aryl methyl sites for hydroxylation is 3. The molecule has 0 amide bonds. The fraction of sp³-hybridized carbons (Fsp3) is 0.600. The Hall–Kier alpha value is -1.58. The highest BCUT2D eigenvalue weighted by Crippen LogP contribution is 2.29. The second-order valence-corrected chi connectivity index (χ2v) is 5.70. The predicted octanol–water partition coefficient (Wildman–Crippen LogP) is 3.63. The van der Waals surface area contributed by atoms with E-state index < -0.39 is 0 Å². The Bertz CT molecular complexity index is 594. The maximum absolute atomic E-state index is 4.63. The van der Waals surface area contributed by atoms with E-state index >= 15 is 0 Å². The van der Waals surface area contributed by atoms with E-state index in [1.54, 1.807) is 0 Å². The summed E-state index contributed by atoms with van der Waals surface area (Å²) in [6.45, 7) is 6.19. The SMILES string of the molecule is Cc1nc(NC2CCCCC2)c2c(C)c(C)[nH]c2n1. The number of H-pyrrole nitrogens is 1. The van der Waals surface area contributed by atoms with Crippen molar-refractivity contribution in [2.75, 3.05) is 5.32 Å². The molecule has 0 spiro atoms. The minimum atomic E-state index is 0.570. The second-order valence-electron chi connectivity index (χ2n) is 5.70. The molecule has 0 radical (unpaired) electrons. The summed E-state index contributed by atoms with van der Waals surface area (Å²) < 4.78 is 0. The third kappa shape index (κ3) is 2.31. The van der Waals surface area contributed by atoms with Crippen LogP contribution < -0.4 is 5.32 Å². The Morgan fingerprint density at radius 1 is 1.05 bits per heavy atom. The van der Waals surface area contributed by atoms with Gasteiger partial charge in [0.05, 0.1) is 5.39 Å². The molecular formula is C15H22N4. The van der Waals surface area contributed by atoms with E-state index in [2.05, 4.69) is 34.1 Å². The van der Waals surface area contributed by atoms with E-state index in [4.69, 9.17) is 0 Å². The molecule has 1 aliphatic carbocycles. The molecule has 4 heteroatoms. The molecule has 0 saturated heterocycles. The molecule has 2 N–H and O–H groups in total.